The van der Waals surface area contributed by atoms with Crippen molar-refractivity contribution in [1.82, 2.24) is 0 Å². The van der Waals surface area contributed by atoms with Crippen LogP contribution in [0, 0.1) is 34.5 Å². The van der Waals surface area contributed by atoms with Crippen LogP contribution in [0.2, 0.25) is 0 Å². The number of nitrogens with zero attached hydrogens (tertiary/aromatic N) is 1. The average molecular weight is 221 g/mol. The van der Waals surface area contributed by atoms with Crippen LogP contribution in [0.4, 0.5) is 0 Å². The highest BCUT2D eigenvalue weighted by Gasteiger charge is 2.51. The van der Waals surface area contributed by atoms with Crippen molar-refractivity contribution in [2.24, 2.45) is 23.2 Å². The molecule has 5 atom stereocenters. The van der Waals surface area contributed by atoms with Crippen LogP contribution in [0.15, 0.2) is 0 Å². The Labute approximate surface area is 98.7 Å². The fourth-order valence-electron chi connectivity index (χ4n) is 4.41. The Balaban J connectivity index is 2.15. The second-order valence-electron chi connectivity index (χ2n) is 6.10. The molecule has 16 heavy (non-hydrogen) atoms. The van der Waals surface area contributed by atoms with Gasteiger partial charge in [-0.2, -0.15) is 5.26 Å². The predicted molar refractivity (Wildman–Crippen MR) is 63.6 cm³/mol. The molecule has 0 aromatic rings. The predicted octanol–water partition coefficient (Wildman–Crippen LogP) is 3.11. The lowest BCUT2D eigenvalue weighted by Gasteiger charge is -2.44. The molecule has 2 nitrogen and oxygen atoms in total. The van der Waals surface area contributed by atoms with E-state index in [1.807, 2.05) is 0 Å². The largest absolute Gasteiger partial charge is 0.393 e. The Bertz CT molecular complexity index is 296. The zero-order valence-corrected chi connectivity index (χ0v) is 10.4. The summed E-state index contributed by atoms with van der Waals surface area (Å²) < 4.78 is 0. The molecule has 0 unspecified atom stereocenters. The van der Waals surface area contributed by atoms with Crippen molar-refractivity contribution in [3.63, 3.8) is 0 Å². The molecule has 90 valence electrons. The topological polar surface area (TPSA) is 44.0 Å². The number of rotatable bonds is 2. The lowest BCUT2D eigenvalue weighted by Crippen LogP contribution is -2.41. The highest BCUT2D eigenvalue weighted by molar-refractivity contribution is 5.02. The molecule has 0 amide bonds. The van der Waals surface area contributed by atoms with E-state index >= 15 is 0 Å². The van der Waals surface area contributed by atoms with Crippen LogP contribution in [0.1, 0.15) is 52.4 Å². The maximum atomic E-state index is 10.1. The zero-order chi connectivity index (χ0) is 11.8. The van der Waals surface area contributed by atoms with Gasteiger partial charge in [0.1, 0.15) is 0 Å². The van der Waals surface area contributed by atoms with E-state index in [9.17, 15) is 5.11 Å². The first-order valence-corrected chi connectivity index (χ1v) is 6.64. The van der Waals surface area contributed by atoms with Crippen LogP contribution in [-0.2, 0) is 0 Å². The molecular formula is C14H23NO. The quantitative estimate of drug-likeness (QED) is 0.778. The third-order valence-corrected chi connectivity index (χ3v) is 5.26. The monoisotopic (exact) mass is 221 g/mol. The number of hydrogen-bond acceptors (Lipinski definition) is 2. The van der Waals surface area contributed by atoms with E-state index in [0.717, 1.165) is 19.3 Å². The van der Waals surface area contributed by atoms with Crippen molar-refractivity contribution in [3.05, 3.63) is 0 Å². The minimum Gasteiger partial charge on any atom is -0.393 e. The Morgan fingerprint density at radius 2 is 2.19 bits per heavy atom. The van der Waals surface area contributed by atoms with E-state index in [1.165, 1.54) is 12.8 Å². The van der Waals surface area contributed by atoms with Crippen molar-refractivity contribution in [1.29, 1.82) is 5.26 Å². The van der Waals surface area contributed by atoms with Gasteiger partial charge in [0.15, 0.2) is 0 Å². The summed E-state index contributed by atoms with van der Waals surface area (Å²) in [7, 11) is 0. The SMILES string of the molecule is C[C@H](CC#N)[C@H]1CC[C@@H]2[C@@H](O)CCC[C@]12C. The molecule has 0 aromatic carbocycles. The highest BCUT2D eigenvalue weighted by atomic mass is 16.3. The molecule has 2 aliphatic rings. The lowest BCUT2D eigenvalue weighted by molar-refractivity contribution is -0.0264. The number of hydrogen-bond donors (Lipinski definition) is 1. The smallest absolute Gasteiger partial charge is 0.0624 e. The Morgan fingerprint density at radius 1 is 1.44 bits per heavy atom. The summed E-state index contributed by atoms with van der Waals surface area (Å²) in [5.41, 5.74) is 0.300. The van der Waals surface area contributed by atoms with Crippen LogP contribution in [0.5, 0.6) is 0 Å². The minimum atomic E-state index is -0.0852. The van der Waals surface area contributed by atoms with Crippen molar-refractivity contribution in [3.8, 4) is 6.07 Å². The van der Waals surface area contributed by atoms with Crippen LogP contribution < -0.4 is 0 Å². The van der Waals surface area contributed by atoms with Crippen LogP contribution in [0.3, 0.4) is 0 Å². The van der Waals surface area contributed by atoms with Crippen LogP contribution in [0.25, 0.3) is 0 Å². The molecule has 1 N–H and O–H groups in total. The van der Waals surface area contributed by atoms with E-state index in [1.54, 1.807) is 0 Å². The summed E-state index contributed by atoms with van der Waals surface area (Å²) in [4.78, 5) is 0. The highest BCUT2D eigenvalue weighted by Crippen LogP contribution is 2.57. The second kappa shape index (κ2) is 4.37. The van der Waals surface area contributed by atoms with E-state index in [-0.39, 0.29) is 6.10 Å². The molecule has 2 fully saturated rings. The van der Waals surface area contributed by atoms with Crippen LogP contribution in [-0.4, -0.2) is 11.2 Å². The van der Waals surface area contributed by atoms with E-state index < -0.39 is 0 Å². The van der Waals surface area contributed by atoms with Gasteiger partial charge in [-0.1, -0.05) is 20.3 Å². The first-order chi connectivity index (χ1) is 7.59. The molecule has 0 saturated heterocycles. The third-order valence-electron chi connectivity index (χ3n) is 5.26. The Morgan fingerprint density at radius 3 is 2.88 bits per heavy atom. The molecule has 2 rings (SSSR count). The van der Waals surface area contributed by atoms with Crippen LogP contribution >= 0.6 is 0 Å². The number of aliphatic hydroxyl groups excluding tert-OH is 1. The molecular weight excluding hydrogens is 198 g/mol. The van der Waals surface area contributed by atoms with Gasteiger partial charge < -0.3 is 5.11 Å². The summed E-state index contributed by atoms with van der Waals surface area (Å²) in [6.45, 7) is 4.56. The van der Waals surface area contributed by atoms with Gasteiger partial charge in [-0.3, -0.25) is 0 Å². The van der Waals surface area contributed by atoms with E-state index in [4.69, 9.17) is 5.26 Å². The van der Waals surface area contributed by atoms with Crippen molar-refractivity contribution in [2.75, 3.05) is 0 Å². The maximum Gasteiger partial charge on any atom is 0.0624 e. The summed E-state index contributed by atoms with van der Waals surface area (Å²) in [5.74, 6) is 1.63. The summed E-state index contributed by atoms with van der Waals surface area (Å²) in [6.07, 6.45) is 6.35. The second-order valence-corrected chi connectivity index (χ2v) is 6.10. The molecule has 2 saturated carbocycles. The van der Waals surface area contributed by atoms with Crippen molar-refractivity contribution in [2.45, 2.75) is 58.5 Å². The lowest BCUT2D eigenvalue weighted by atomic mass is 9.61. The standard InChI is InChI=1S/C14H23NO/c1-10(7-9-15)11-5-6-12-13(16)4-3-8-14(11,12)2/h10-13,16H,3-8H2,1-2H3/t10-,11-,12-,13+,14-/m1/s1. The molecule has 2 heteroatoms. The van der Waals surface area contributed by atoms with Gasteiger partial charge in [0, 0.05) is 6.42 Å². The third kappa shape index (κ3) is 1.76. The first-order valence-electron chi connectivity index (χ1n) is 6.64. The molecule has 0 radical (unpaired) electrons. The van der Waals surface area contributed by atoms with Gasteiger partial charge in [-0.15, -0.1) is 0 Å². The van der Waals surface area contributed by atoms with Crippen molar-refractivity contribution >= 4 is 0 Å². The number of nitriles is 1. The number of fused-ring (bicyclic) bond motifs is 1. The molecule has 0 bridgehead atoms. The van der Waals surface area contributed by atoms with E-state index in [2.05, 4.69) is 19.9 Å². The minimum absolute atomic E-state index is 0.0852. The van der Waals surface area contributed by atoms with Gasteiger partial charge in [-0.05, 0) is 48.9 Å². The Hall–Kier alpha value is -0.550. The summed E-state index contributed by atoms with van der Waals surface area (Å²) in [6, 6.07) is 2.31. The average Bonchev–Trinajstić information content (AvgIpc) is 2.57. The zero-order valence-electron chi connectivity index (χ0n) is 10.4. The van der Waals surface area contributed by atoms with Gasteiger partial charge in [0.2, 0.25) is 0 Å². The normalized spacial score (nSPS) is 44.8. The van der Waals surface area contributed by atoms with Gasteiger partial charge >= 0.3 is 0 Å². The molecule has 2 aliphatic carbocycles. The molecule has 0 spiro atoms. The van der Waals surface area contributed by atoms with E-state index in [0.29, 0.717) is 29.6 Å². The van der Waals surface area contributed by atoms with Crippen molar-refractivity contribution < 1.29 is 5.11 Å². The van der Waals surface area contributed by atoms with Gasteiger partial charge in [0.05, 0.1) is 12.2 Å². The first kappa shape index (κ1) is 11.9. The molecule has 0 aromatic heterocycles. The molecule has 0 heterocycles. The summed E-state index contributed by atoms with van der Waals surface area (Å²) >= 11 is 0. The fourth-order valence-corrected chi connectivity index (χ4v) is 4.41. The van der Waals surface area contributed by atoms with Gasteiger partial charge in [-0.25, -0.2) is 0 Å². The summed E-state index contributed by atoms with van der Waals surface area (Å²) in [5, 5.41) is 18.9. The Kier molecular flexibility index (Phi) is 3.26. The maximum absolute atomic E-state index is 10.1. The molecule has 0 aliphatic heterocycles. The fraction of sp³-hybridized carbons (Fsp3) is 0.929. The van der Waals surface area contributed by atoms with Gasteiger partial charge in [0.25, 0.3) is 0 Å². The number of aliphatic hydroxyl groups is 1.